The third-order valence-electron chi connectivity index (χ3n) is 7.22. The van der Waals surface area contributed by atoms with Gasteiger partial charge < -0.3 is 20.3 Å². The van der Waals surface area contributed by atoms with Crippen LogP contribution in [0.1, 0.15) is 76.9 Å². The lowest BCUT2D eigenvalue weighted by molar-refractivity contribution is -0.0482. The number of phosphoric ester groups is 2. The topological polar surface area (TPSA) is 190 Å². The Balaban J connectivity index is 1.30. The molecule has 3 fully saturated rings. The van der Waals surface area contributed by atoms with Gasteiger partial charge in [-0.15, -0.1) is 0 Å². The zero-order chi connectivity index (χ0) is 26.8. The van der Waals surface area contributed by atoms with Crippen molar-refractivity contribution < 1.29 is 41.7 Å². The van der Waals surface area contributed by atoms with Gasteiger partial charge in [-0.3, -0.25) is 22.7 Å². The highest BCUT2D eigenvalue weighted by atomic mass is 31.2. The van der Waals surface area contributed by atoms with Crippen LogP contribution in [0.15, 0.2) is 12.7 Å². The molecule has 2 saturated carbocycles. The van der Waals surface area contributed by atoms with E-state index in [1.54, 1.807) is 4.57 Å². The molecule has 2 aromatic rings. The zero-order valence-corrected chi connectivity index (χ0v) is 22.8. The molecule has 0 spiro atoms. The van der Waals surface area contributed by atoms with E-state index in [4.69, 9.17) is 28.6 Å². The maximum absolute atomic E-state index is 12.9. The molecule has 3 heterocycles. The Labute approximate surface area is 220 Å². The normalized spacial score (nSPS) is 28.8. The number of aromatic nitrogens is 4. The Morgan fingerprint density at radius 2 is 1.55 bits per heavy atom. The van der Waals surface area contributed by atoms with Crippen LogP contribution in [0.2, 0.25) is 0 Å². The minimum absolute atomic E-state index is 0.0984. The molecule has 1 aliphatic heterocycles. The van der Waals surface area contributed by atoms with Gasteiger partial charge in [-0.1, -0.05) is 38.5 Å². The molecular formula is C22H35N5O9P2. The first-order valence-electron chi connectivity index (χ1n) is 13.1. The third kappa shape index (κ3) is 6.99. The molecule has 38 heavy (non-hydrogen) atoms. The molecule has 5 rings (SSSR count). The number of hydrogen-bond acceptors (Lipinski definition) is 11. The Bertz CT molecular complexity index is 1190. The van der Waals surface area contributed by atoms with Crippen molar-refractivity contribution in [2.24, 2.45) is 0 Å². The monoisotopic (exact) mass is 575 g/mol. The number of anilines is 1. The van der Waals surface area contributed by atoms with Gasteiger partial charge in [0.05, 0.1) is 25.1 Å². The van der Waals surface area contributed by atoms with Crippen LogP contribution >= 0.6 is 15.6 Å². The lowest BCUT2D eigenvalue weighted by Gasteiger charge is -2.27. The first-order valence-corrected chi connectivity index (χ1v) is 16.1. The highest BCUT2D eigenvalue weighted by Crippen LogP contribution is 2.52. The fourth-order valence-corrected chi connectivity index (χ4v) is 7.51. The van der Waals surface area contributed by atoms with Gasteiger partial charge in [0, 0.05) is 6.42 Å². The van der Waals surface area contributed by atoms with Crippen molar-refractivity contribution in [3.05, 3.63) is 12.7 Å². The Morgan fingerprint density at radius 3 is 2.21 bits per heavy atom. The Kier molecular flexibility index (Phi) is 8.83. The van der Waals surface area contributed by atoms with Gasteiger partial charge in [-0.05, 0) is 25.7 Å². The molecule has 0 amide bonds. The number of imidazole rings is 1. The Morgan fingerprint density at radius 1 is 0.921 bits per heavy atom. The van der Waals surface area contributed by atoms with Crippen molar-refractivity contribution >= 4 is 32.6 Å². The molecule has 0 aromatic carbocycles. The molecule has 4 N–H and O–H groups in total. The van der Waals surface area contributed by atoms with E-state index >= 15 is 0 Å². The van der Waals surface area contributed by atoms with Gasteiger partial charge >= 0.3 is 15.6 Å². The van der Waals surface area contributed by atoms with Gasteiger partial charge in [0.15, 0.2) is 11.5 Å². The molecule has 0 radical (unpaired) electrons. The smallest absolute Gasteiger partial charge is 0.382 e. The van der Waals surface area contributed by atoms with Crippen LogP contribution in [0.4, 0.5) is 5.82 Å². The van der Waals surface area contributed by atoms with Gasteiger partial charge in [-0.25, -0.2) is 24.1 Å². The number of fused-ring (bicyclic) bond motifs is 1. The Hall–Kier alpha value is -1.47. The van der Waals surface area contributed by atoms with Crippen molar-refractivity contribution in [1.29, 1.82) is 0 Å². The van der Waals surface area contributed by atoms with E-state index in [0.29, 0.717) is 36.8 Å². The van der Waals surface area contributed by atoms with Crippen molar-refractivity contribution in [3.8, 4) is 0 Å². The van der Waals surface area contributed by atoms with Crippen molar-refractivity contribution in [2.45, 2.75) is 101 Å². The van der Waals surface area contributed by atoms with Crippen LogP contribution in [0.5, 0.6) is 0 Å². The second-order valence-electron chi connectivity index (χ2n) is 10.1. The van der Waals surface area contributed by atoms with Crippen LogP contribution in [-0.2, 0) is 32.0 Å². The fourth-order valence-electron chi connectivity index (χ4n) is 5.32. The summed E-state index contributed by atoms with van der Waals surface area (Å²) in [6.07, 6.45) is 7.97. The van der Waals surface area contributed by atoms with E-state index < -0.39 is 40.7 Å². The van der Waals surface area contributed by atoms with Crippen LogP contribution < -0.4 is 5.73 Å². The van der Waals surface area contributed by atoms with Crippen LogP contribution in [0.25, 0.3) is 11.2 Å². The summed E-state index contributed by atoms with van der Waals surface area (Å²) in [6, 6.07) is 0. The van der Waals surface area contributed by atoms with Gasteiger partial charge in [0.1, 0.15) is 30.3 Å². The highest BCUT2D eigenvalue weighted by Gasteiger charge is 2.44. The molecule has 16 heteroatoms. The predicted octanol–water partition coefficient (Wildman–Crippen LogP) is 4.00. The van der Waals surface area contributed by atoms with Crippen molar-refractivity contribution in [3.63, 3.8) is 0 Å². The van der Waals surface area contributed by atoms with E-state index in [2.05, 4.69) is 15.0 Å². The number of phosphoric acid groups is 2. The third-order valence-corrected chi connectivity index (χ3v) is 9.36. The summed E-state index contributed by atoms with van der Waals surface area (Å²) in [4.78, 5) is 33.3. The standard InChI is InChI=1S/C22H35N5O9P2/c23-21-20-22(25-13-24-21)27(14-26-20)19-11-17(36-38(30,31)35-16-9-5-2-6-10-16)18(33-19)12-32-37(28,29)34-15-7-3-1-4-8-15/h13-19H,1-12H2,(H,28,29)(H,30,31)(H2,23,24,25)/t17-,18+,19+/m0/s1. The van der Waals surface area contributed by atoms with Crippen LogP contribution in [0.3, 0.4) is 0 Å². The van der Waals surface area contributed by atoms with Crippen LogP contribution in [-0.4, -0.2) is 60.3 Å². The molecule has 2 aliphatic carbocycles. The number of nitrogens with two attached hydrogens (primary N) is 1. The average Bonchev–Trinajstić information content (AvgIpc) is 3.48. The number of nitrogens with zero attached hydrogens (tertiary/aromatic N) is 4. The first kappa shape index (κ1) is 28.1. The minimum atomic E-state index is -4.47. The molecular weight excluding hydrogens is 540 g/mol. The molecule has 14 nitrogen and oxygen atoms in total. The summed E-state index contributed by atoms with van der Waals surface area (Å²) < 4.78 is 54.9. The maximum atomic E-state index is 12.9. The van der Waals surface area contributed by atoms with Crippen molar-refractivity contribution in [1.82, 2.24) is 19.5 Å². The van der Waals surface area contributed by atoms with E-state index in [9.17, 15) is 18.9 Å². The largest absolute Gasteiger partial charge is 0.472 e. The second-order valence-corrected chi connectivity index (χ2v) is 12.8. The molecule has 2 unspecified atom stereocenters. The second kappa shape index (κ2) is 12.0. The quantitative estimate of drug-likeness (QED) is 0.345. The average molecular weight is 575 g/mol. The lowest BCUT2D eigenvalue weighted by Crippen LogP contribution is -2.29. The highest BCUT2D eigenvalue weighted by molar-refractivity contribution is 7.47. The van der Waals surface area contributed by atoms with Gasteiger partial charge in [0.25, 0.3) is 0 Å². The summed E-state index contributed by atoms with van der Waals surface area (Å²) in [6.45, 7) is -0.408. The minimum Gasteiger partial charge on any atom is -0.382 e. The molecule has 0 bridgehead atoms. The lowest BCUT2D eigenvalue weighted by atomic mass is 9.98. The maximum Gasteiger partial charge on any atom is 0.472 e. The first-order chi connectivity index (χ1) is 18.2. The van der Waals surface area contributed by atoms with Crippen molar-refractivity contribution in [2.75, 3.05) is 12.3 Å². The summed E-state index contributed by atoms with van der Waals surface area (Å²) >= 11 is 0. The molecule has 5 atom stereocenters. The summed E-state index contributed by atoms with van der Waals surface area (Å²) in [5.74, 6) is 0.196. The summed E-state index contributed by atoms with van der Waals surface area (Å²) in [5, 5.41) is 0. The number of ether oxygens (including phenoxy) is 1. The summed E-state index contributed by atoms with van der Waals surface area (Å²) in [7, 11) is -8.87. The van der Waals surface area contributed by atoms with Gasteiger partial charge in [-0.2, -0.15) is 0 Å². The zero-order valence-electron chi connectivity index (χ0n) is 21.0. The summed E-state index contributed by atoms with van der Waals surface area (Å²) in [5.41, 5.74) is 6.68. The SMILES string of the molecule is Nc1ncnc2c1ncn2[C@H]1C[C@H](OP(=O)(O)OC2CCCCC2)[C@@H](COP(=O)(O)OC2CCCCC2)O1. The fraction of sp³-hybridized carbons (Fsp3) is 0.773. The molecule has 1 saturated heterocycles. The van der Waals surface area contributed by atoms with Crippen LogP contribution in [0, 0.1) is 0 Å². The van der Waals surface area contributed by atoms with E-state index in [0.717, 1.165) is 38.5 Å². The molecule has 3 aliphatic rings. The number of hydrogen-bond donors (Lipinski definition) is 3. The number of rotatable bonds is 10. The van der Waals surface area contributed by atoms with Gasteiger partial charge in [0.2, 0.25) is 0 Å². The predicted molar refractivity (Wildman–Crippen MR) is 135 cm³/mol. The van der Waals surface area contributed by atoms with E-state index in [1.807, 2.05) is 0 Å². The molecule has 2 aromatic heterocycles. The number of nitrogen functional groups attached to an aromatic ring is 1. The van der Waals surface area contributed by atoms with E-state index in [-0.39, 0.29) is 24.4 Å². The molecule has 212 valence electrons. The van der Waals surface area contributed by atoms with E-state index in [1.165, 1.54) is 12.7 Å².